The molecule has 6 nitrogen and oxygen atoms in total. The quantitative estimate of drug-likeness (QED) is 0.771. The van der Waals surface area contributed by atoms with Crippen molar-refractivity contribution < 1.29 is 13.2 Å². The van der Waals surface area contributed by atoms with Gasteiger partial charge in [-0.3, -0.25) is 0 Å². The van der Waals surface area contributed by atoms with Gasteiger partial charge < -0.3 is 9.14 Å². The summed E-state index contributed by atoms with van der Waals surface area (Å²) in [4.78, 5) is 4.52. The molecule has 1 aromatic carbocycles. The molecule has 2 heterocycles. The van der Waals surface area contributed by atoms with E-state index in [0.717, 1.165) is 16.8 Å². The maximum Gasteiger partial charge on any atom is 0.244 e. The average molecular weight is 345 g/mol. The third-order valence-electron chi connectivity index (χ3n) is 3.93. The largest absolute Gasteiger partial charge is 0.495 e. The summed E-state index contributed by atoms with van der Waals surface area (Å²) in [6.45, 7) is 3.90. The molecule has 0 amide bonds. The van der Waals surface area contributed by atoms with Crippen molar-refractivity contribution in [2.45, 2.75) is 25.3 Å². The van der Waals surface area contributed by atoms with Crippen molar-refractivity contribution in [1.82, 2.24) is 14.1 Å². The molecule has 0 atom stereocenters. The number of hydrogen-bond donors (Lipinski definition) is 1. The lowest BCUT2D eigenvalue weighted by Gasteiger charge is -2.12. The number of aryl methyl sites for hydroxylation is 2. The monoisotopic (exact) mass is 345 g/mol. The van der Waals surface area contributed by atoms with Gasteiger partial charge in [-0.15, -0.1) is 0 Å². The number of benzene rings is 1. The summed E-state index contributed by atoms with van der Waals surface area (Å²) in [5.74, 6) is 0.334. The van der Waals surface area contributed by atoms with Crippen LogP contribution >= 0.6 is 0 Å². The molecule has 0 bridgehead atoms. The number of hydrogen-bond acceptors (Lipinski definition) is 4. The first-order valence-electron chi connectivity index (χ1n) is 7.48. The second kappa shape index (κ2) is 6.26. The second-order valence-electron chi connectivity index (χ2n) is 5.61. The lowest BCUT2D eigenvalue weighted by Crippen LogP contribution is -2.24. The Morgan fingerprint density at radius 1 is 1.21 bits per heavy atom. The topological polar surface area (TPSA) is 72.7 Å². The Kier molecular flexibility index (Phi) is 4.29. The van der Waals surface area contributed by atoms with E-state index in [4.69, 9.17) is 4.74 Å². The normalized spacial score (nSPS) is 11.8. The van der Waals surface area contributed by atoms with Crippen molar-refractivity contribution in [1.29, 1.82) is 0 Å². The van der Waals surface area contributed by atoms with E-state index in [1.54, 1.807) is 18.3 Å². The van der Waals surface area contributed by atoms with Gasteiger partial charge in [0.1, 0.15) is 16.3 Å². The zero-order valence-electron chi connectivity index (χ0n) is 13.8. The maximum absolute atomic E-state index is 12.6. The van der Waals surface area contributed by atoms with Gasteiger partial charge in [0.25, 0.3) is 0 Å². The van der Waals surface area contributed by atoms with Crippen LogP contribution in [-0.4, -0.2) is 24.9 Å². The van der Waals surface area contributed by atoms with Gasteiger partial charge in [-0.05, 0) is 49.2 Å². The summed E-state index contributed by atoms with van der Waals surface area (Å²) in [6, 6.07) is 9.00. The van der Waals surface area contributed by atoms with Gasteiger partial charge >= 0.3 is 0 Å². The molecular weight excluding hydrogens is 326 g/mol. The number of aromatic nitrogens is 2. The molecule has 1 N–H and O–H groups in total. The van der Waals surface area contributed by atoms with E-state index in [1.807, 2.05) is 42.6 Å². The lowest BCUT2D eigenvalue weighted by atomic mass is 10.1. The van der Waals surface area contributed by atoms with Crippen molar-refractivity contribution in [2.24, 2.45) is 0 Å². The predicted molar refractivity (Wildman–Crippen MR) is 91.7 cm³/mol. The van der Waals surface area contributed by atoms with Crippen molar-refractivity contribution in [3.63, 3.8) is 0 Å². The SMILES string of the molecule is COc1cc(C)c(C)cc1S(=O)(=O)NCc1cn2ccccc2n1. The molecule has 0 fully saturated rings. The Bertz CT molecular complexity index is 960. The Hall–Kier alpha value is -2.38. The molecule has 0 aliphatic rings. The van der Waals surface area contributed by atoms with Crippen LogP contribution < -0.4 is 9.46 Å². The van der Waals surface area contributed by atoms with E-state index in [0.29, 0.717) is 11.4 Å². The first-order valence-corrected chi connectivity index (χ1v) is 8.96. The molecule has 0 saturated heterocycles. The Balaban J connectivity index is 1.87. The fourth-order valence-electron chi connectivity index (χ4n) is 2.45. The standard InChI is InChI=1S/C17H19N3O3S/c1-12-8-15(23-3)16(9-13(12)2)24(21,22)18-10-14-11-20-7-5-4-6-17(20)19-14/h4-9,11,18H,10H2,1-3H3. The number of fused-ring (bicyclic) bond motifs is 1. The van der Waals surface area contributed by atoms with Crippen molar-refractivity contribution in [3.8, 4) is 5.75 Å². The van der Waals surface area contributed by atoms with Gasteiger partial charge in [-0.2, -0.15) is 0 Å². The molecule has 126 valence electrons. The summed E-state index contributed by atoms with van der Waals surface area (Å²) in [5.41, 5.74) is 3.29. The van der Waals surface area contributed by atoms with Crippen LogP contribution in [0.25, 0.3) is 5.65 Å². The van der Waals surface area contributed by atoms with Crippen LogP contribution in [0.2, 0.25) is 0 Å². The fourth-order valence-corrected chi connectivity index (χ4v) is 3.68. The lowest BCUT2D eigenvalue weighted by molar-refractivity contribution is 0.401. The molecule has 3 aromatic rings. The minimum absolute atomic E-state index is 0.111. The summed E-state index contributed by atoms with van der Waals surface area (Å²) < 4.78 is 34.9. The third-order valence-corrected chi connectivity index (χ3v) is 5.35. The number of pyridine rings is 1. The summed E-state index contributed by atoms with van der Waals surface area (Å²) >= 11 is 0. The van der Waals surface area contributed by atoms with E-state index in [9.17, 15) is 8.42 Å². The van der Waals surface area contributed by atoms with Gasteiger partial charge in [0.05, 0.1) is 19.3 Å². The minimum atomic E-state index is -3.70. The van der Waals surface area contributed by atoms with Gasteiger partial charge in [0.15, 0.2) is 0 Å². The molecule has 0 saturated carbocycles. The highest BCUT2D eigenvalue weighted by Gasteiger charge is 2.20. The Morgan fingerprint density at radius 3 is 2.67 bits per heavy atom. The van der Waals surface area contributed by atoms with Crippen molar-refractivity contribution in [3.05, 3.63) is 59.5 Å². The molecule has 0 spiro atoms. The average Bonchev–Trinajstić information content (AvgIpc) is 2.98. The van der Waals surface area contributed by atoms with Gasteiger partial charge in [-0.25, -0.2) is 18.1 Å². The van der Waals surface area contributed by atoms with Crippen LogP contribution in [0.1, 0.15) is 16.8 Å². The molecule has 24 heavy (non-hydrogen) atoms. The van der Waals surface area contributed by atoms with Crippen LogP contribution in [0, 0.1) is 13.8 Å². The minimum Gasteiger partial charge on any atom is -0.495 e. The Morgan fingerprint density at radius 2 is 1.96 bits per heavy atom. The number of methoxy groups -OCH3 is 1. The fraction of sp³-hybridized carbons (Fsp3) is 0.235. The summed E-state index contributed by atoms with van der Waals surface area (Å²) in [6.07, 6.45) is 3.67. The molecule has 0 unspecified atom stereocenters. The number of nitrogens with one attached hydrogen (secondary N) is 1. The molecule has 0 aliphatic carbocycles. The number of rotatable bonds is 5. The molecule has 2 aromatic heterocycles. The Labute approximate surface area is 141 Å². The summed E-state index contributed by atoms with van der Waals surface area (Å²) in [5, 5.41) is 0. The molecular formula is C17H19N3O3S. The predicted octanol–water partition coefficient (Wildman–Crippen LogP) is 2.44. The van der Waals surface area contributed by atoms with E-state index in [1.165, 1.54) is 7.11 Å². The number of nitrogens with zero attached hydrogens (tertiary/aromatic N) is 2. The van der Waals surface area contributed by atoms with Gasteiger partial charge in [0, 0.05) is 12.4 Å². The van der Waals surface area contributed by atoms with Crippen molar-refractivity contribution >= 4 is 15.7 Å². The maximum atomic E-state index is 12.6. The smallest absolute Gasteiger partial charge is 0.244 e. The molecule has 3 rings (SSSR count). The van der Waals surface area contributed by atoms with Crippen LogP contribution in [0.3, 0.4) is 0 Å². The molecule has 0 aliphatic heterocycles. The van der Waals surface area contributed by atoms with Crippen LogP contribution in [0.5, 0.6) is 5.75 Å². The zero-order valence-corrected chi connectivity index (χ0v) is 14.6. The highest BCUT2D eigenvalue weighted by atomic mass is 32.2. The summed E-state index contributed by atoms with van der Waals surface area (Å²) in [7, 11) is -2.24. The van der Waals surface area contributed by atoms with E-state index in [2.05, 4.69) is 9.71 Å². The highest BCUT2D eigenvalue weighted by Crippen LogP contribution is 2.27. The zero-order chi connectivity index (χ0) is 17.3. The second-order valence-corrected chi connectivity index (χ2v) is 7.35. The molecule has 7 heteroatoms. The number of ether oxygens (including phenoxy) is 1. The first-order chi connectivity index (χ1) is 11.4. The first kappa shape index (κ1) is 16.5. The van der Waals surface area contributed by atoms with Crippen LogP contribution in [0.15, 0.2) is 47.6 Å². The van der Waals surface area contributed by atoms with Crippen LogP contribution in [0.4, 0.5) is 0 Å². The van der Waals surface area contributed by atoms with Gasteiger partial charge in [0.2, 0.25) is 10.0 Å². The number of imidazole rings is 1. The van der Waals surface area contributed by atoms with E-state index in [-0.39, 0.29) is 11.4 Å². The van der Waals surface area contributed by atoms with Gasteiger partial charge in [-0.1, -0.05) is 6.07 Å². The molecule has 0 radical (unpaired) electrons. The van der Waals surface area contributed by atoms with E-state index < -0.39 is 10.0 Å². The third kappa shape index (κ3) is 3.13. The van der Waals surface area contributed by atoms with Crippen LogP contribution in [-0.2, 0) is 16.6 Å². The number of sulfonamides is 1. The highest BCUT2D eigenvalue weighted by molar-refractivity contribution is 7.89. The van der Waals surface area contributed by atoms with Crippen molar-refractivity contribution in [2.75, 3.05) is 7.11 Å². The van der Waals surface area contributed by atoms with E-state index >= 15 is 0 Å².